The average molecular weight is 191 g/mol. The summed E-state index contributed by atoms with van der Waals surface area (Å²) in [7, 11) is 0. The van der Waals surface area contributed by atoms with E-state index >= 15 is 0 Å². The fraction of sp³-hybridized carbons (Fsp3) is 0.300. The van der Waals surface area contributed by atoms with Gasteiger partial charge in [0.15, 0.2) is 0 Å². The number of nitrogens with zero attached hydrogens (tertiary/aromatic N) is 1. The van der Waals surface area contributed by atoms with Crippen LogP contribution in [0.4, 0.5) is 16.2 Å². The van der Waals surface area contributed by atoms with E-state index < -0.39 is 0 Å². The number of nitrogen functional groups attached to an aromatic ring is 1. The van der Waals surface area contributed by atoms with E-state index in [0.29, 0.717) is 5.69 Å². The van der Waals surface area contributed by atoms with Gasteiger partial charge in [0, 0.05) is 24.5 Å². The van der Waals surface area contributed by atoms with Gasteiger partial charge < -0.3 is 16.0 Å². The number of rotatable bonds is 1. The average Bonchev–Trinajstić information content (AvgIpc) is 2.06. The van der Waals surface area contributed by atoms with E-state index in [9.17, 15) is 4.79 Å². The summed E-state index contributed by atoms with van der Waals surface area (Å²) < 4.78 is 0. The van der Waals surface area contributed by atoms with Crippen LogP contribution in [0.5, 0.6) is 0 Å². The van der Waals surface area contributed by atoms with Crippen LogP contribution in [0, 0.1) is 0 Å². The summed E-state index contributed by atoms with van der Waals surface area (Å²) in [5, 5.41) is 2.80. The quantitative estimate of drug-likeness (QED) is 0.661. The van der Waals surface area contributed by atoms with E-state index in [0.717, 1.165) is 25.2 Å². The van der Waals surface area contributed by atoms with E-state index in [2.05, 4.69) is 5.32 Å². The summed E-state index contributed by atoms with van der Waals surface area (Å²) in [5.41, 5.74) is 7.02. The van der Waals surface area contributed by atoms with Crippen molar-refractivity contribution in [2.45, 2.75) is 6.42 Å². The minimum Gasteiger partial charge on any atom is -0.399 e. The van der Waals surface area contributed by atoms with E-state index in [1.807, 2.05) is 0 Å². The molecule has 0 aromatic heterocycles. The lowest BCUT2D eigenvalue weighted by molar-refractivity contribution is 0.181. The molecule has 0 unspecified atom stereocenters. The first-order chi connectivity index (χ1) is 6.75. The lowest BCUT2D eigenvalue weighted by Crippen LogP contribution is -2.44. The summed E-state index contributed by atoms with van der Waals surface area (Å²) in [4.78, 5) is 13.2. The molecule has 14 heavy (non-hydrogen) atoms. The van der Waals surface area contributed by atoms with Gasteiger partial charge in [-0.3, -0.25) is 0 Å². The molecule has 4 heteroatoms. The topological polar surface area (TPSA) is 58.4 Å². The molecule has 0 bridgehead atoms. The van der Waals surface area contributed by atoms with Crippen LogP contribution in [0.15, 0.2) is 24.3 Å². The maximum Gasteiger partial charge on any atom is 0.321 e. The monoisotopic (exact) mass is 191 g/mol. The molecule has 4 nitrogen and oxygen atoms in total. The predicted molar refractivity (Wildman–Crippen MR) is 56.1 cm³/mol. The van der Waals surface area contributed by atoms with E-state index in [4.69, 9.17) is 5.73 Å². The number of hydrogen-bond acceptors (Lipinski definition) is 2. The molecule has 3 N–H and O–H groups in total. The molecule has 0 spiro atoms. The Morgan fingerprint density at radius 2 is 1.93 bits per heavy atom. The van der Waals surface area contributed by atoms with Crippen LogP contribution in [0.2, 0.25) is 0 Å². The Labute approximate surface area is 82.7 Å². The van der Waals surface area contributed by atoms with Crippen molar-refractivity contribution >= 4 is 17.4 Å². The van der Waals surface area contributed by atoms with E-state index in [-0.39, 0.29) is 6.03 Å². The van der Waals surface area contributed by atoms with Gasteiger partial charge in [0.05, 0.1) is 0 Å². The van der Waals surface area contributed by atoms with Crippen molar-refractivity contribution in [1.82, 2.24) is 4.90 Å². The first kappa shape index (κ1) is 8.87. The second-order valence-electron chi connectivity index (χ2n) is 3.39. The van der Waals surface area contributed by atoms with Gasteiger partial charge in [-0.15, -0.1) is 0 Å². The summed E-state index contributed by atoms with van der Waals surface area (Å²) >= 11 is 0. The fourth-order valence-electron chi connectivity index (χ4n) is 1.29. The van der Waals surface area contributed by atoms with Crippen molar-refractivity contribution in [2.75, 3.05) is 24.1 Å². The molecular formula is C10H13N3O. The Hall–Kier alpha value is -1.71. The van der Waals surface area contributed by atoms with E-state index in [1.165, 1.54) is 0 Å². The van der Waals surface area contributed by atoms with Gasteiger partial charge in [-0.1, -0.05) is 0 Å². The number of amides is 2. The molecule has 1 fully saturated rings. The van der Waals surface area contributed by atoms with Crippen molar-refractivity contribution < 1.29 is 4.79 Å². The second kappa shape index (κ2) is 3.57. The molecule has 1 saturated heterocycles. The predicted octanol–water partition coefficient (Wildman–Crippen LogP) is 1.51. The standard InChI is InChI=1S/C10H13N3O/c11-8-2-4-9(5-3-8)12-10(14)13-6-1-7-13/h2-5H,1,6-7,11H2,(H,12,14). The third-order valence-electron chi connectivity index (χ3n) is 2.31. The van der Waals surface area contributed by atoms with Crippen molar-refractivity contribution in [3.8, 4) is 0 Å². The number of urea groups is 1. The minimum atomic E-state index is -0.0268. The van der Waals surface area contributed by atoms with Crippen molar-refractivity contribution in [2.24, 2.45) is 0 Å². The molecular weight excluding hydrogens is 178 g/mol. The highest BCUT2D eigenvalue weighted by Gasteiger charge is 2.19. The molecule has 0 atom stereocenters. The molecule has 1 aliphatic heterocycles. The number of nitrogens with one attached hydrogen (secondary N) is 1. The van der Waals surface area contributed by atoms with Gasteiger partial charge in [0.25, 0.3) is 0 Å². The maximum absolute atomic E-state index is 11.5. The highest BCUT2D eigenvalue weighted by Crippen LogP contribution is 2.13. The maximum atomic E-state index is 11.5. The van der Waals surface area contributed by atoms with Gasteiger partial charge >= 0.3 is 6.03 Å². The molecule has 1 aliphatic rings. The van der Waals surface area contributed by atoms with Crippen LogP contribution in [-0.2, 0) is 0 Å². The lowest BCUT2D eigenvalue weighted by atomic mass is 10.2. The molecule has 1 aromatic carbocycles. The normalized spacial score (nSPS) is 14.7. The third kappa shape index (κ3) is 1.79. The van der Waals surface area contributed by atoms with E-state index in [1.54, 1.807) is 29.2 Å². The number of anilines is 2. The van der Waals surface area contributed by atoms with Crippen LogP contribution in [0.3, 0.4) is 0 Å². The van der Waals surface area contributed by atoms with Gasteiger partial charge in [-0.25, -0.2) is 4.79 Å². The minimum absolute atomic E-state index is 0.0268. The first-order valence-electron chi connectivity index (χ1n) is 4.67. The number of benzene rings is 1. The lowest BCUT2D eigenvalue weighted by Gasteiger charge is -2.30. The summed E-state index contributed by atoms with van der Waals surface area (Å²) in [6.07, 6.45) is 1.11. The number of likely N-dealkylation sites (tertiary alicyclic amines) is 1. The van der Waals surface area contributed by atoms with Crippen LogP contribution < -0.4 is 11.1 Å². The first-order valence-corrected chi connectivity index (χ1v) is 4.67. The summed E-state index contributed by atoms with van der Waals surface area (Å²) in [6.45, 7) is 1.72. The van der Waals surface area contributed by atoms with Gasteiger partial charge in [-0.2, -0.15) is 0 Å². The third-order valence-corrected chi connectivity index (χ3v) is 2.31. The summed E-state index contributed by atoms with van der Waals surface area (Å²) in [6, 6.07) is 7.11. The molecule has 0 aliphatic carbocycles. The van der Waals surface area contributed by atoms with Crippen LogP contribution in [-0.4, -0.2) is 24.0 Å². The zero-order chi connectivity index (χ0) is 9.97. The van der Waals surface area contributed by atoms with Crippen LogP contribution in [0.25, 0.3) is 0 Å². The zero-order valence-electron chi connectivity index (χ0n) is 7.86. The molecule has 0 radical (unpaired) electrons. The number of hydrogen-bond donors (Lipinski definition) is 2. The Balaban J connectivity index is 1.96. The van der Waals surface area contributed by atoms with Gasteiger partial charge in [0.1, 0.15) is 0 Å². The second-order valence-corrected chi connectivity index (χ2v) is 3.39. The molecule has 2 amide bonds. The highest BCUT2D eigenvalue weighted by atomic mass is 16.2. The smallest absolute Gasteiger partial charge is 0.321 e. The Morgan fingerprint density at radius 3 is 2.43 bits per heavy atom. The van der Waals surface area contributed by atoms with Crippen molar-refractivity contribution in [1.29, 1.82) is 0 Å². The van der Waals surface area contributed by atoms with Crippen molar-refractivity contribution in [3.05, 3.63) is 24.3 Å². The Kier molecular flexibility index (Phi) is 2.26. The van der Waals surface area contributed by atoms with Crippen LogP contribution in [0.1, 0.15) is 6.42 Å². The molecule has 1 aromatic rings. The molecule has 2 rings (SSSR count). The summed E-state index contributed by atoms with van der Waals surface area (Å²) in [5.74, 6) is 0. The zero-order valence-corrected chi connectivity index (χ0v) is 7.86. The molecule has 74 valence electrons. The highest BCUT2D eigenvalue weighted by molar-refractivity contribution is 5.89. The largest absolute Gasteiger partial charge is 0.399 e. The molecule has 1 heterocycles. The number of nitrogens with two attached hydrogens (primary N) is 1. The van der Waals surface area contributed by atoms with Gasteiger partial charge in [0.2, 0.25) is 0 Å². The number of carbonyl (C=O) groups excluding carboxylic acids is 1. The van der Waals surface area contributed by atoms with Crippen LogP contribution >= 0.6 is 0 Å². The molecule has 0 saturated carbocycles. The van der Waals surface area contributed by atoms with Crippen molar-refractivity contribution in [3.63, 3.8) is 0 Å². The van der Waals surface area contributed by atoms with Gasteiger partial charge in [-0.05, 0) is 30.7 Å². The SMILES string of the molecule is Nc1ccc(NC(=O)N2CCC2)cc1. The Bertz CT molecular complexity index is 330. The number of carbonyl (C=O) groups is 1. The fourth-order valence-corrected chi connectivity index (χ4v) is 1.29. The Morgan fingerprint density at radius 1 is 1.29 bits per heavy atom.